The van der Waals surface area contributed by atoms with Crippen LogP contribution in [0.3, 0.4) is 0 Å². The van der Waals surface area contributed by atoms with Gasteiger partial charge in [0.05, 0.1) is 12.2 Å². The Labute approximate surface area is 104 Å². The van der Waals surface area contributed by atoms with Crippen LogP contribution in [0.1, 0.15) is 6.92 Å². The third kappa shape index (κ3) is 2.60. The van der Waals surface area contributed by atoms with Crippen molar-refractivity contribution in [2.24, 2.45) is 0 Å². The highest BCUT2D eigenvalue weighted by molar-refractivity contribution is 7.89. The zero-order valence-corrected chi connectivity index (χ0v) is 10.5. The van der Waals surface area contributed by atoms with E-state index in [1.807, 2.05) is 0 Å². The number of hydrogen-bond acceptors (Lipinski definition) is 3. The number of benzene rings is 1. The van der Waals surface area contributed by atoms with E-state index in [2.05, 4.69) is 5.92 Å². The van der Waals surface area contributed by atoms with Crippen molar-refractivity contribution < 1.29 is 17.2 Å². The lowest BCUT2D eigenvalue weighted by atomic mass is 10.3. The van der Waals surface area contributed by atoms with Gasteiger partial charge in [-0.2, -0.15) is 4.31 Å². The molecule has 0 aliphatic rings. The summed E-state index contributed by atoms with van der Waals surface area (Å²) in [5.74, 6) is -0.0459. The molecule has 18 heavy (non-hydrogen) atoms. The summed E-state index contributed by atoms with van der Waals surface area (Å²) < 4.78 is 51.5. The van der Waals surface area contributed by atoms with Gasteiger partial charge in [-0.05, 0) is 6.07 Å². The normalized spacial score (nSPS) is 11.5. The fraction of sp³-hybridized carbons (Fsp3) is 0.273. The summed E-state index contributed by atoms with van der Waals surface area (Å²) in [7, 11) is -4.11. The van der Waals surface area contributed by atoms with Gasteiger partial charge in [0.1, 0.15) is 16.5 Å². The first-order valence-electron chi connectivity index (χ1n) is 5.02. The average Bonchev–Trinajstić information content (AvgIpc) is 2.30. The molecule has 0 radical (unpaired) electrons. The van der Waals surface area contributed by atoms with E-state index in [1.165, 1.54) is 0 Å². The second-order valence-electron chi connectivity index (χ2n) is 3.44. The standard InChI is InChI=1S/C11H12F2N2O2S/c1-3-5-15(4-2)18(16,17)11-7-10(14)8(12)6-9(11)13/h1,6-7H,4-5,14H2,2H3. The number of rotatable bonds is 4. The average molecular weight is 274 g/mol. The van der Waals surface area contributed by atoms with Gasteiger partial charge < -0.3 is 5.73 Å². The Hall–Kier alpha value is -1.65. The molecule has 1 aromatic carbocycles. The van der Waals surface area contributed by atoms with Crippen LogP contribution in [0.15, 0.2) is 17.0 Å². The van der Waals surface area contributed by atoms with Gasteiger partial charge in [0.25, 0.3) is 0 Å². The molecule has 1 rings (SSSR count). The van der Waals surface area contributed by atoms with Crippen molar-refractivity contribution in [3.8, 4) is 12.3 Å². The van der Waals surface area contributed by atoms with Crippen molar-refractivity contribution in [1.82, 2.24) is 4.31 Å². The molecule has 0 spiro atoms. The maximum absolute atomic E-state index is 13.5. The lowest BCUT2D eigenvalue weighted by Gasteiger charge is -2.18. The summed E-state index contributed by atoms with van der Waals surface area (Å²) in [4.78, 5) is -0.682. The molecule has 2 N–H and O–H groups in total. The highest BCUT2D eigenvalue weighted by Gasteiger charge is 2.27. The Morgan fingerprint density at radius 3 is 2.50 bits per heavy atom. The Bertz CT molecular complexity index is 594. The summed E-state index contributed by atoms with van der Waals surface area (Å²) in [5, 5.41) is 0. The van der Waals surface area contributed by atoms with Crippen LogP contribution in [0.5, 0.6) is 0 Å². The fourth-order valence-electron chi connectivity index (χ4n) is 1.35. The predicted molar refractivity (Wildman–Crippen MR) is 64.0 cm³/mol. The van der Waals surface area contributed by atoms with Gasteiger partial charge in [-0.15, -0.1) is 6.42 Å². The van der Waals surface area contributed by atoms with Gasteiger partial charge >= 0.3 is 0 Å². The Morgan fingerprint density at radius 2 is 2.00 bits per heavy atom. The van der Waals surface area contributed by atoms with Gasteiger partial charge in [0.15, 0.2) is 0 Å². The predicted octanol–water partition coefficient (Wildman–Crippen LogP) is 1.19. The molecule has 0 atom stereocenters. The third-order valence-electron chi connectivity index (χ3n) is 2.29. The topological polar surface area (TPSA) is 63.4 Å². The number of nitrogen functional groups attached to an aromatic ring is 1. The minimum absolute atomic E-state index is 0.0727. The summed E-state index contributed by atoms with van der Waals surface area (Å²) in [6.07, 6.45) is 5.04. The summed E-state index contributed by atoms with van der Waals surface area (Å²) in [6, 6.07) is 1.19. The van der Waals surface area contributed by atoms with Crippen LogP contribution >= 0.6 is 0 Å². The number of halogens is 2. The zero-order chi connectivity index (χ0) is 13.9. The largest absolute Gasteiger partial charge is 0.396 e. The number of nitrogens with two attached hydrogens (primary N) is 1. The van der Waals surface area contributed by atoms with Gasteiger partial charge in [-0.3, -0.25) is 0 Å². The van der Waals surface area contributed by atoms with Crippen LogP contribution in [0, 0.1) is 24.0 Å². The van der Waals surface area contributed by atoms with E-state index in [0.717, 1.165) is 10.4 Å². The van der Waals surface area contributed by atoms with Crippen molar-refractivity contribution in [2.45, 2.75) is 11.8 Å². The van der Waals surface area contributed by atoms with Crippen molar-refractivity contribution in [3.05, 3.63) is 23.8 Å². The molecule has 0 amide bonds. The summed E-state index contributed by atoms with van der Waals surface area (Å²) in [5.41, 5.74) is 4.80. The van der Waals surface area contributed by atoms with E-state index in [0.29, 0.717) is 6.07 Å². The van der Waals surface area contributed by atoms with E-state index < -0.39 is 32.2 Å². The van der Waals surface area contributed by atoms with E-state index in [4.69, 9.17) is 12.2 Å². The summed E-state index contributed by atoms with van der Waals surface area (Å²) in [6.45, 7) is 1.43. The van der Waals surface area contributed by atoms with Gasteiger partial charge in [-0.1, -0.05) is 12.8 Å². The monoisotopic (exact) mass is 274 g/mol. The number of hydrogen-bond donors (Lipinski definition) is 1. The number of terminal acetylenes is 1. The first-order chi connectivity index (χ1) is 8.34. The maximum atomic E-state index is 13.5. The second-order valence-corrected chi connectivity index (χ2v) is 5.35. The number of sulfonamides is 1. The van der Waals surface area contributed by atoms with Crippen LogP contribution < -0.4 is 5.73 Å². The van der Waals surface area contributed by atoms with Gasteiger partial charge in [-0.25, -0.2) is 17.2 Å². The highest BCUT2D eigenvalue weighted by Crippen LogP contribution is 2.23. The quantitative estimate of drug-likeness (QED) is 0.662. The minimum Gasteiger partial charge on any atom is -0.396 e. The van der Waals surface area contributed by atoms with E-state index in [9.17, 15) is 17.2 Å². The summed E-state index contributed by atoms with van der Waals surface area (Å²) >= 11 is 0. The Morgan fingerprint density at radius 1 is 1.39 bits per heavy atom. The fourth-order valence-corrected chi connectivity index (χ4v) is 2.79. The van der Waals surface area contributed by atoms with E-state index in [-0.39, 0.29) is 13.1 Å². The molecule has 0 bridgehead atoms. The SMILES string of the molecule is C#CCN(CC)S(=O)(=O)c1cc(N)c(F)cc1F. The van der Waals surface area contributed by atoms with Crippen molar-refractivity contribution in [2.75, 3.05) is 18.8 Å². The maximum Gasteiger partial charge on any atom is 0.246 e. The van der Waals surface area contributed by atoms with Crippen LogP contribution in [0.4, 0.5) is 14.5 Å². The van der Waals surface area contributed by atoms with E-state index in [1.54, 1.807) is 6.92 Å². The first kappa shape index (κ1) is 14.4. The lowest BCUT2D eigenvalue weighted by Crippen LogP contribution is -2.32. The van der Waals surface area contributed by atoms with Crippen LogP contribution in [0.25, 0.3) is 0 Å². The first-order valence-corrected chi connectivity index (χ1v) is 6.46. The van der Waals surface area contributed by atoms with Crippen LogP contribution in [-0.2, 0) is 10.0 Å². The van der Waals surface area contributed by atoms with E-state index >= 15 is 0 Å². The molecule has 0 saturated heterocycles. The highest BCUT2D eigenvalue weighted by atomic mass is 32.2. The third-order valence-corrected chi connectivity index (χ3v) is 4.23. The molecular formula is C11H12F2N2O2S. The molecule has 1 aromatic rings. The number of anilines is 1. The molecule has 0 aromatic heterocycles. The van der Waals surface area contributed by atoms with Crippen molar-refractivity contribution >= 4 is 15.7 Å². The molecule has 0 unspecified atom stereocenters. The molecule has 0 aliphatic carbocycles. The van der Waals surface area contributed by atoms with Crippen LogP contribution in [0.2, 0.25) is 0 Å². The molecule has 7 heteroatoms. The van der Waals surface area contributed by atoms with Crippen molar-refractivity contribution in [3.63, 3.8) is 0 Å². The molecular weight excluding hydrogens is 262 g/mol. The van der Waals surface area contributed by atoms with Gasteiger partial charge in [0, 0.05) is 12.6 Å². The number of nitrogens with zero attached hydrogens (tertiary/aromatic N) is 1. The Kier molecular flexibility index (Phi) is 4.27. The molecule has 98 valence electrons. The molecule has 0 heterocycles. The second kappa shape index (κ2) is 5.33. The smallest absolute Gasteiger partial charge is 0.246 e. The van der Waals surface area contributed by atoms with Crippen LogP contribution in [-0.4, -0.2) is 25.8 Å². The molecule has 0 saturated carbocycles. The van der Waals surface area contributed by atoms with Gasteiger partial charge in [0.2, 0.25) is 10.0 Å². The lowest BCUT2D eigenvalue weighted by molar-refractivity contribution is 0.456. The molecule has 0 aliphatic heterocycles. The van der Waals surface area contributed by atoms with Crippen molar-refractivity contribution in [1.29, 1.82) is 0 Å². The Balaban J connectivity index is 3.37. The minimum atomic E-state index is -4.11. The molecule has 4 nitrogen and oxygen atoms in total. The zero-order valence-electron chi connectivity index (χ0n) is 9.65. The molecule has 0 fully saturated rings.